The van der Waals surface area contributed by atoms with E-state index in [0.29, 0.717) is 16.6 Å². The highest BCUT2D eigenvalue weighted by Gasteiger charge is 2.24. The van der Waals surface area contributed by atoms with Crippen LogP contribution in [0, 0.1) is 5.82 Å². The van der Waals surface area contributed by atoms with Gasteiger partial charge in [0.25, 0.3) is 0 Å². The first-order valence-corrected chi connectivity index (χ1v) is 8.51. The summed E-state index contributed by atoms with van der Waals surface area (Å²) in [5.41, 5.74) is -0.0351. The molecule has 0 unspecified atom stereocenters. The molecule has 0 aliphatic rings. The average molecular weight is 359 g/mol. The fourth-order valence-electron chi connectivity index (χ4n) is 2.74. The van der Waals surface area contributed by atoms with Gasteiger partial charge < -0.3 is 14.8 Å². The van der Waals surface area contributed by atoms with E-state index in [1.54, 1.807) is 30.5 Å². The van der Waals surface area contributed by atoms with Crippen molar-refractivity contribution in [2.75, 3.05) is 13.4 Å². The number of pyridine rings is 1. The predicted molar refractivity (Wildman–Crippen MR) is 95.3 cm³/mol. The number of rotatable bonds is 4. The number of fused-ring (bicyclic) bond motifs is 1. The summed E-state index contributed by atoms with van der Waals surface area (Å²) in [7, 11) is 1.26. The van der Waals surface area contributed by atoms with Gasteiger partial charge >= 0.3 is 5.97 Å². The number of aromatic amines is 1. The third-order valence-corrected chi connectivity index (χ3v) is 4.65. The molecule has 5 nitrogen and oxygen atoms in total. The Kier molecular flexibility index (Phi) is 4.50. The molecule has 2 aromatic carbocycles. The summed E-state index contributed by atoms with van der Waals surface area (Å²) in [5.74, 6) is -2.15. The van der Waals surface area contributed by atoms with E-state index in [4.69, 9.17) is 4.74 Å². The molecule has 2 N–H and O–H groups in total. The van der Waals surface area contributed by atoms with E-state index in [-0.39, 0.29) is 16.2 Å². The van der Waals surface area contributed by atoms with E-state index < -0.39 is 22.8 Å². The summed E-state index contributed by atoms with van der Waals surface area (Å²) in [4.78, 5) is 27.0. The number of benzene rings is 2. The Hall–Kier alpha value is -2.80. The molecule has 0 saturated heterocycles. The second-order valence-electron chi connectivity index (χ2n) is 5.23. The SMILES string of the molecule is COc1[nH]c2cc(-c3ccccc3)c(F)c(SC)c2c(=O)c1C(=O)O. The standard InChI is InChI=1S/C18H14FNO4S/c1-24-17-13(18(22)23)15(21)12-11(20-17)8-10(14(19)16(12)25-2)9-6-4-3-5-7-9/h3-8H,1-2H3,(H,20,21)(H,22,23). The molecule has 0 aliphatic carbocycles. The Morgan fingerprint density at radius 2 is 1.96 bits per heavy atom. The molecule has 1 heterocycles. The third kappa shape index (κ3) is 2.76. The number of carboxylic acids is 1. The number of carboxylic acid groups (broad SMARTS) is 1. The first-order valence-electron chi connectivity index (χ1n) is 7.28. The van der Waals surface area contributed by atoms with Crippen molar-refractivity contribution < 1.29 is 19.0 Å². The zero-order valence-corrected chi connectivity index (χ0v) is 14.2. The van der Waals surface area contributed by atoms with Crippen LogP contribution in [0.1, 0.15) is 10.4 Å². The minimum atomic E-state index is -1.43. The van der Waals surface area contributed by atoms with Crippen LogP contribution in [0.4, 0.5) is 4.39 Å². The lowest BCUT2D eigenvalue weighted by atomic mass is 10.0. The molecule has 0 amide bonds. The molecule has 0 atom stereocenters. The summed E-state index contributed by atoms with van der Waals surface area (Å²) in [6.07, 6.45) is 1.64. The lowest BCUT2D eigenvalue weighted by Crippen LogP contribution is -2.19. The van der Waals surface area contributed by atoms with Gasteiger partial charge in [-0.25, -0.2) is 9.18 Å². The number of halogens is 1. The Morgan fingerprint density at radius 1 is 1.28 bits per heavy atom. The molecular weight excluding hydrogens is 345 g/mol. The Morgan fingerprint density at radius 3 is 2.52 bits per heavy atom. The van der Waals surface area contributed by atoms with Crippen LogP contribution in [0.5, 0.6) is 5.88 Å². The van der Waals surface area contributed by atoms with Crippen LogP contribution in [-0.4, -0.2) is 29.4 Å². The van der Waals surface area contributed by atoms with Gasteiger partial charge in [0.2, 0.25) is 11.3 Å². The quantitative estimate of drug-likeness (QED) is 0.694. The highest BCUT2D eigenvalue weighted by atomic mass is 32.2. The van der Waals surface area contributed by atoms with Crippen LogP contribution < -0.4 is 10.2 Å². The average Bonchev–Trinajstić information content (AvgIpc) is 2.61. The van der Waals surface area contributed by atoms with E-state index in [9.17, 15) is 14.7 Å². The zero-order valence-electron chi connectivity index (χ0n) is 13.4. The molecule has 3 rings (SSSR count). The minimum Gasteiger partial charge on any atom is -0.482 e. The summed E-state index contributed by atoms with van der Waals surface area (Å²) in [5, 5.41) is 9.30. The highest BCUT2D eigenvalue weighted by Crippen LogP contribution is 2.35. The topological polar surface area (TPSA) is 79.4 Å². The molecule has 0 aliphatic heterocycles. The van der Waals surface area contributed by atoms with E-state index in [2.05, 4.69) is 4.98 Å². The summed E-state index contributed by atoms with van der Waals surface area (Å²) in [6.45, 7) is 0. The number of thioether (sulfide) groups is 1. The molecule has 1 aromatic heterocycles. The van der Waals surface area contributed by atoms with Gasteiger partial charge in [0.05, 0.1) is 22.9 Å². The van der Waals surface area contributed by atoms with Crippen LogP contribution >= 0.6 is 11.8 Å². The van der Waals surface area contributed by atoms with Gasteiger partial charge in [-0.2, -0.15) is 0 Å². The number of ether oxygens (including phenoxy) is 1. The molecule has 3 aromatic rings. The van der Waals surface area contributed by atoms with Crippen molar-refractivity contribution in [3.05, 3.63) is 58.0 Å². The summed E-state index contributed by atoms with van der Waals surface area (Å²) >= 11 is 1.05. The van der Waals surface area contributed by atoms with Gasteiger partial charge in [0.1, 0.15) is 5.82 Å². The molecule has 25 heavy (non-hydrogen) atoms. The largest absolute Gasteiger partial charge is 0.482 e. The normalized spacial score (nSPS) is 10.8. The number of aromatic carboxylic acids is 1. The second-order valence-corrected chi connectivity index (χ2v) is 6.04. The number of hydrogen-bond acceptors (Lipinski definition) is 4. The monoisotopic (exact) mass is 359 g/mol. The van der Waals surface area contributed by atoms with E-state index in [0.717, 1.165) is 11.8 Å². The van der Waals surface area contributed by atoms with Crippen LogP contribution in [0.25, 0.3) is 22.0 Å². The molecule has 0 fully saturated rings. The molecular formula is C18H14FNO4S. The first kappa shape index (κ1) is 17.0. The van der Waals surface area contributed by atoms with Crippen molar-refractivity contribution in [1.29, 1.82) is 0 Å². The van der Waals surface area contributed by atoms with Crippen molar-refractivity contribution in [2.24, 2.45) is 0 Å². The number of H-pyrrole nitrogens is 1. The Labute approximate surface area is 146 Å². The Bertz CT molecular complexity index is 1030. The molecule has 0 bridgehead atoms. The highest BCUT2D eigenvalue weighted by molar-refractivity contribution is 7.98. The van der Waals surface area contributed by atoms with Crippen LogP contribution in [0.15, 0.2) is 46.1 Å². The second kappa shape index (κ2) is 6.60. The van der Waals surface area contributed by atoms with Crippen molar-refractivity contribution in [3.63, 3.8) is 0 Å². The van der Waals surface area contributed by atoms with Crippen molar-refractivity contribution in [3.8, 4) is 17.0 Å². The minimum absolute atomic E-state index is 0.00267. The van der Waals surface area contributed by atoms with Crippen molar-refractivity contribution in [2.45, 2.75) is 4.90 Å². The van der Waals surface area contributed by atoms with E-state index >= 15 is 4.39 Å². The van der Waals surface area contributed by atoms with Crippen LogP contribution in [0.3, 0.4) is 0 Å². The summed E-state index contributed by atoms with van der Waals surface area (Å²) in [6, 6.07) is 10.4. The smallest absolute Gasteiger partial charge is 0.345 e. The maximum atomic E-state index is 15.0. The number of methoxy groups -OCH3 is 1. The van der Waals surface area contributed by atoms with Gasteiger partial charge in [0, 0.05) is 5.56 Å². The first-order chi connectivity index (χ1) is 12.0. The number of aromatic nitrogens is 1. The van der Waals surface area contributed by atoms with Gasteiger partial charge in [-0.05, 0) is 17.9 Å². The number of carbonyl (C=O) groups is 1. The van der Waals surface area contributed by atoms with Gasteiger partial charge in [-0.1, -0.05) is 30.3 Å². The van der Waals surface area contributed by atoms with Gasteiger partial charge in [0.15, 0.2) is 5.56 Å². The lowest BCUT2D eigenvalue weighted by Gasteiger charge is -2.13. The number of hydrogen-bond donors (Lipinski definition) is 2. The third-order valence-electron chi connectivity index (χ3n) is 3.86. The van der Waals surface area contributed by atoms with Gasteiger partial charge in [-0.3, -0.25) is 4.79 Å². The zero-order chi connectivity index (χ0) is 18.1. The maximum absolute atomic E-state index is 15.0. The van der Waals surface area contributed by atoms with Crippen molar-refractivity contribution >= 4 is 28.6 Å². The lowest BCUT2D eigenvalue weighted by molar-refractivity contribution is 0.0691. The molecule has 7 heteroatoms. The van der Waals surface area contributed by atoms with E-state index in [1.807, 2.05) is 6.07 Å². The maximum Gasteiger partial charge on any atom is 0.345 e. The van der Waals surface area contributed by atoms with Gasteiger partial charge in [-0.15, -0.1) is 11.8 Å². The van der Waals surface area contributed by atoms with E-state index in [1.165, 1.54) is 13.2 Å². The van der Waals surface area contributed by atoms with Crippen LogP contribution in [0.2, 0.25) is 0 Å². The summed E-state index contributed by atoms with van der Waals surface area (Å²) < 4.78 is 20.0. The van der Waals surface area contributed by atoms with Crippen LogP contribution in [-0.2, 0) is 0 Å². The predicted octanol–water partition coefficient (Wildman–Crippen LogP) is 3.76. The molecule has 0 spiro atoms. The molecule has 128 valence electrons. The Balaban J connectivity index is 2.47. The molecule has 0 saturated carbocycles. The fraction of sp³-hybridized carbons (Fsp3) is 0.111. The fourth-order valence-corrected chi connectivity index (χ4v) is 3.43. The molecule has 0 radical (unpaired) electrons. The number of nitrogens with one attached hydrogen (secondary N) is 1. The van der Waals surface area contributed by atoms with Crippen molar-refractivity contribution in [1.82, 2.24) is 4.98 Å².